The number of hydrogen-bond donors (Lipinski definition) is 1. The van der Waals surface area contributed by atoms with Crippen molar-refractivity contribution in [1.82, 2.24) is 9.88 Å². The SMILES string of the molecule is CCN(CC)C(=O)c1ccc(Nc2ccc(Cl)c(Cl)c2)cn1. The molecule has 1 aromatic heterocycles. The maximum Gasteiger partial charge on any atom is 0.272 e. The number of aromatic nitrogens is 1. The molecule has 0 fully saturated rings. The molecule has 0 aliphatic rings. The number of carbonyl (C=O) groups excluding carboxylic acids is 1. The van der Waals surface area contributed by atoms with E-state index in [1.807, 2.05) is 26.0 Å². The monoisotopic (exact) mass is 337 g/mol. The summed E-state index contributed by atoms with van der Waals surface area (Å²) < 4.78 is 0. The molecule has 6 heteroatoms. The van der Waals surface area contributed by atoms with Crippen LogP contribution in [0.2, 0.25) is 10.0 Å². The Morgan fingerprint density at radius 2 is 1.77 bits per heavy atom. The molecule has 0 saturated heterocycles. The fraction of sp³-hybridized carbons (Fsp3) is 0.250. The van der Waals surface area contributed by atoms with Crippen molar-refractivity contribution in [3.63, 3.8) is 0 Å². The summed E-state index contributed by atoms with van der Waals surface area (Å²) in [6, 6.07) is 8.80. The molecular weight excluding hydrogens is 321 g/mol. The Kier molecular flexibility index (Phi) is 5.63. The minimum Gasteiger partial charge on any atom is -0.354 e. The van der Waals surface area contributed by atoms with E-state index in [2.05, 4.69) is 10.3 Å². The van der Waals surface area contributed by atoms with Crippen molar-refractivity contribution >= 4 is 40.5 Å². The first-order valence-electron chi connectivity index (χ1n) is 7.02. The minimum atomic E-state index is -0.0638. The van der Waals surface area contributed by atoms with Gasteiger partial charge in [0.2, 0.25) is 0 Å². The number of carbonyl (C=O) groups is 1. The lowest BCUT2D eigenvalue weighted by molar-refractivity contribution is 0.0767. The lowest BCUT2D eigenvalue weighted by atomic mass is 10.2. The summed E-state index contributed by atoms with van der Waals surface area (Å²) in [5.74, 6) is -0.0638. The summed E-state index contributed by atoms with van der Waals surface area (Å²) in [5, 5.41) is 4.15. The zero-order valence-electron chi connectivity index (χ0n) is 12.4. The van der Waals surface area contributed by atoms with Gasteiger partial charge in [-0.05, 0) is 44.2 Å². The largest absolute Gasteiger partial charge is 0.354 e. The van der Waals surface area contributed by atoms with Crippen LogP contribution in [0.1, 0.15) is 24.3 Å². The predicted molar refractivity (Wildman–Crippen MR) is 91.2 cm³/mol. The molecule has 4 nitrogen and oxygen atoms in total. The number of amides is 1. The highest BCUT2D eigenvalue weighted by Crippen LogP contribution is 2.26. The molecule has 2 aromatic rings. The quantitative estimate of drug-likeness (QED) is 0.866. The predicted octanol–water partition coefficient (Wildman–Crippen LogP) is 4.61. The topological polar surface area (TPSA) is 45.2 Å². The summed E-state index contributed by atoms with van der Waals surface area (Å²) in [4.78, 5) is 18.1. The van der Waals surface area contributed by atoms with Gasteiger partial charge in [-0.25, -0.2) is 4.98 Å². The van der Waals surface area contributed by atoms with E-state index in [9.17, 15) is 4.79 Å². The molecule has 1 amide bonds. The third kappa shape index (κ3) is 3.90. The van der Waals surface area contributed by atoms with Gasteiger partial charge >= 0.3 is 0 Å². The Bertz CT molecular complexity index is 655. The van der Waals surface area contributed by atoms with Crippen LogP contribution in [0.25, 0.3) is 0 Å². The van der Waals surface area contributed by atoms with Crippen LogP contribution < -0.4 is 5.32 Å². The van der Waals surface area contributed by atoms with Crippen LogP contribution in [0, 0.1) is 0 Å². The van der Waals surface area contributed by atoms with E-state index < -0.39 is 0 Å². The summed E-state index contributed by atoms with van der Waals surface area (Å²) in [7, 11) is 0. The maximum absolute atomic E-state index is 12.2. The number of halogens is 2. The number of nitrogens with zero attached hydrogens (tertiary/aromatic N) is 2. The molecule has 1 aromatic carbocycles. The van der Waals surface area contributed by atoms with Crippen molar-refractivity contribution < 1.29 is 4.79 Å². The lowest BCUT2D eigenvalue weighted by Crippen LogP contribution is -2.31. The molecule has 1 N–H and O–H groups in total. The number of hydrogen-bond acceptors (Lipinski definition) is 3. The number of rotatable bonds is 5. The Labute approximate surface area is 140 Å². The van der Waals surface area contributed by atoms with Crippen LogP contribution >= 0.6 is 23.2 Å². The van der Waals surface area contributed by atoms with Gasteiger partial charge in [0.15, 0.2) is 0 Å². The van der Waals surface area contributed by atoms with Crippen LogP contribution in [-0.4, -0.2) is 28.9 Å². The number of pyridine rings is 1. The van der Waals surface area contributed by atoms with Gasteiger partial charge in [0.25, 0.3) is 5.91 Å². The second kappa shape index (κ2) is 7.47. The Morgan fingerprint density at radius 3 is 2.32 bits per heavy atom. The molecule has 0 saturated carbocycles. The molecule has 0 aliphatic carbocycles. The number of benzene rings is 1. The molecule has 0 unspecified atom stereocenters. The van der Waals surface area contributed by atoms with Gasteiger partial charge in [0, 0.05) is 18.8 Å². The fourth-order valence-corrected chi connectivity index (χ4v) is 2.31. The second-order valence-corrected chi connectivity index (χ2v) is 5.48. The third-order valence-electron chi connectivity index (χ3n) is 3.24. The molecule has 0 bridgehead atoms. The third-order valence-corrected chi connectivity index (χ3v) is 3.98. The minimum absolute atomic E-state index is 0.0638. The molecule has 1 heterocycles. The van der Waals surface area contributed by atoms with E-state index in [-0.39, 0.29) is 5.91 Å². The Morgan fingerprint density at radius 1 is 1.09 bits per heavy atom. The summed E-state index contributed by atoms with van der Waals surface area (Å²) in [6.45, 7) is 5.23. The van der Waals surface area contributed by atoms with Crippen LogP contribution in [0.15, 0.2) is 36.5 Å². The van der Waals surface area contributed by atoms with E-state index in [4.69, 9.17) is 23.2 Å². The van der Waals surface area contributed by atoms with Crippen molar-refractivity contribution in [3.05, 3.63) is 52.3 Å². The van der Waals surface area contributed by atoms with Gasteiger partial charge in [-0.3, -0.25) is 4.79 Å². The molecule has 116 valence electrons. The van der Waals surface area contributed by atoms with Gasteiger partial charge in [0.1, 0.15) is 5.69 Å². The van der Waals surface area contributed by atoms with Gasteiger partial charge in [-0.2, -0.15) is 0 Å². The lowest BCUT2D eigenvalue weighted by Gasteiger charge is -2.18. The molecule has 2 rings (SSSR count). The normalized spacial score (nSPS) is 10.4. The van der Waals surface area contributed by atoms with Crippen LogP contribution in [0.3, 0.4) is 0 Å². The summed E-state index contributed by atoms with van der Waals surface area (Å²) >= 11 is 11.9. The first-order valence-corrected chi connectivity index (χ1v) is 7.78. The highest BCUT2D eigenvalue weighted by molar-refractivity contribution is 6.42. The van der Waals surface area contributed by atoms with Gasteiger partial charge < -0.3 is 10.2 Å². The average Bonchev–Trinajstić information content (AvgIpc) is 2.53. The molecule has 0 atom stereocenters. The van der Waals surface area contributed by atoms with E-state index >= 15 is 0 Å². The van der Waals surface area contributed by atoms with Crippen molar-refractivity contribution in [1.29, 1.82) is 0 Å². The molecule has 0 radical (unpaired) electrons. The Balaban J connectivity index is 2.11. The van der Waals surface area contributed by atoms with Crippen LogP contribution in [0.5, 0.6) is 0 Å². The second-order valence-electron chi connectivity index (χ2n) is 4.66. The zero-order valence-corrected chi connectivity index (χ0v) is 13.9. The van der Waals surface area contributed by atoms with E-state index in [0.29, 0.717) is 28.8 Å². The standard InChI is InChI=1S/C16H17Cl2N3O/c1-3-21(4-2)16(22)15-8-6-12(10-19-15)20-11-5-7-13(17)14(18)9-11/h5-10,20H,3-4H2,1-2H3. The summed E-state index contributed by atoms with van der Waals surface area (Å²) in [6.07, 6.45) is 1.62. The highest BCUT2D eigenvalue weighted by Gasteiger charge is 2.13. The van der Waals surface area contributed by atoms with Crippen molar-refractivity contribution in [2.24, 2.45) is 0 Å². The van der Waals surface area contributed by atoms with Crippen molar-refractivity contribution in [3.8, 4) is 0 Å². The maximum atomic E-state index is 12.2. The highest BCUT2D eigenvalue weighted by atomic mass is 35.5. The zero-order chi connectivity index (χ0) is 16.1. The van der Waals surface area contributed by atoms with Crippen LogP contribution in [-0.2, 0) is 0 Å². The smallest absolute Gasteiger partial charge is 0.272 e. The van der Waals surface area contributed by atoms with E-state index in [1.54, 1.807) is 29.3 Å². The van der Waals surface area contributed by atoms with Gasteiger partial charge in [-0.15, -0.1) is 0 Å². The molecule has 0 spiro atoms. The van der Waals surface area contributed by atoms with Crippen molar-refractivity contribution in [2.45, 2.75) is 13.8 Å². The molecule has 22 heavy (non-hydrogen) atoms. The van der Waals surface area contributed by atoms with Crippen molar-refractivity contribution in [2.75, 3.05) is 18.4 Å². The first-order chi connectivity index (χ1) is 10.5. The summed E-state index contributed by atoms with van der Waals surface area (Å²) in [5.41, 5.74) is 2.01. The van der Waals surface area contributed by atoms with E-state index in [0.717, 1.165) is 11.4 Å². The van der Waals surface area contributed by atoms with E-state index in [1.165, 1.54) is 0 Å². The number of anilines is 2. The fourth-order valence-electron chi connectivity index (χ4n) is 2.01. The van der Waals surface area contributed by atoms with Crippen LogP contribution in [0.4, 0.5) is 11.4 Å². The van der Waals surface area contributed by atoms with Gasteiger partial charge in [-0.1, -0.05) is 23.2 Å². The number of nitrogens with one attached hydrogen (secondary N) is 1. The van der Waals surface area contributed by atoms with Gasteiger partial charge in [0.05, 0.1) is 21.9 Å². The average molecular weight is 338 g/mol. The first kappa shape index (κ1) is 16.6. The molecule has 0 aliphatic heterocycles. The molecular formula is C16H17Cl2N3O. The Hall–Kier alpha value is -1.78.